The molecule has 10 heteroatoms. The number of sulfonamides is 1. The second-order valence-corrected chi connectivity index (χ2v) is 9.90. The smallest absolute Gasteiger partial charge is 0.264 e. The van der Waals surface area contributed by atoms with Crippen LogP contribution in [0.1, 0.15) is 43.5 Å². The Morgan fingerprint density at radius 2 is 1.90 bits per heavy atom. The molecule has 0 radical (unpaired) electrons. The first kappa shape index (κ1) is 21.5. The number of ether oxygens (including phenoxy) is 1. The van der Waals surface area contributed by atoms with E-state index in [1.807, 2.05) is 13.8 Å². The number of anilines is 1. The maximum Gasteiger partial charge on any atom is 0.264 e. The molecule has 1 aliphatic rings. The summed E-state index contributed by atoms with van der Waals surface area (Å²) in [5.41, 5.74) is 1.30. The molecule has 4 rings (SSSR count). The molecule has 3 aromatic rings. The third-order valence-corrected chi connectivity index (χ3v) is 6.96. The first-order chi connectivity index (χ1) is 14.8. The molecule has 1 fully saturated rings. The highest BCUT2D eigenvalue weighted by Crippen LogP contribution is 2.29. The lowest BCUT2D eigenvalue weighted by Gasteiger charge is -2.27. The second kappa shape index (κ2) is 8.80. The summed E-state index contributed by atoms with van der Waals surface area (Å²) in [5, 5.41) is 0. The Morgan fingerprint density at radius 1 is 1.13 bits per heavy atom. The maximum atomic E-state index is 13.3. The number of rotatable bonds is 6. The van der Waals surface area contributed by atoms with Gasteiger partial charge in [-0.25, -0.2) is 8.42 Å². The third-order valence-electron chi connectivity index (χ3n) is 5.02. The summed E-state index contributed by atoms with van der Waals surface area (Å²) in [6, 6.07) is 9.69. The van der Waals surface area contributed by atoms with Crippen molar-refractivity contribution in [2.75, 3.05) is 17.8 Å². The zero-order chi connectivity index (χ0) is 22.0. The van der Waals surface area contributed by atoms with E-state index in [9.17, 15) is 13.2 Å². The van der Waals surface area contributed by atoms with E-state index >= 15 is 0 Å². The van der Waals surface area contributed by atoms with Gasteiger partial charge in [0, 0.05) is 19.2 Å². The topological polar surface area (TPSA) is 101 Å². The van der Waals surface area contributed by atoms with Crippen LogP contribution in [0.4, 0.5) is 5.69 Å². The van der Waals surface area contributed by atoms with Crippen LogP contribution in [-0.4, -0.2) is 47.2 Å². The van der Waals surface area contributed by atoms with Gasteiger partial charge in [0.15, 0.2) is 0 Å². The molecule has 8 nitrogen and oxygen atoms in total. The Bertz CT molecular complexity index is 1200. The molecule has 0 saturated carbocycles. The molecule has 31 heavy (non-hydrogen) atoms. The monoisotopic (exact) mass is 460 g/mol. The lowest BCUT2D eigenvalue weighted by atomic mass is 10.1. The third kappa shape index (κ3) is 4.64. The van der Waals surface area contributed by atoms with Crippen LogP contribution < -0.4 is 9.46 Å². The van der Waals surface area contributed by atoms with Crippen molar-refractivity contribution in [2.24, 2.45) is 0 Å². The molecule has 164 valence electrons. The van der Waals surface area contributed by atoms with Crippen molar-refractivity contribution < 1.29 is 17.9 Å². The summed E-state index contributed by atoms with van der Waals surface area (Å²) in [6.07, 6.45) is 2.89. The number of carbonyl (C=O) groups is 1. The SMILES string of the molecule is CC(C)Oc1ccc(C(=O)N2CCCCC2)c(NS(=O)(=O)c2cccc3nsnc23)c1. The van der Waals surface area contributed by atoms with Gasteiger partial charge in [-0.05, 0) is 57.4 Å². The molecular weight excluding hydrogens is 436 g/mol. The predicted molar refractivity (Wildman–Crippen MR) is 120 cm³/mol. The van der Waals surface area contributed by atoms with Gasteiger partial charge >= 0.3 is 0 Å². The number of carbonyl (C=O) groups excluding carboxylic acids is 1. The van der Waals surface area contributed by atoms with Gasteiger partial charge in [-0.1, -0.05) is 6.07 Å². The van der Waals surface area contributed by atoms with Crippen LogP contribution in [0.3, 0.4) is 0 Å². The van der Waals surface area contributed by atoms with Gasteiger partial charge in [0.25, 0.3) is 15.9 Å². The molecule has 1 amide bonds. The summed E-state index contributed by atoms with van der Waals surface area (Å²) >= 11 is 0.953. The van der Waals surface area contributed by atoms with E-state index in [0.29, 0.717) is 35.4 Å². The van der Waals surface area contributed by atoms with Gasteiger partial charge in [-0.15, -0.1) is 0 Å². The van der Waals surface area contributed by atoms with E-state index in [0.717, 1.165) is 31.0 Å². The second-order valence-electron chi connectivity index (χ2n) is 7.72. The highest BCUT2D eigenvalue weighted by Gasteiger charge is 2.26. The van der Waals surface area contributed by atoms with Crippen molar-refractivity contribution >= 4 is 44.4 Å². The Hall–Kier alpha value is -2.72. The van der Waals surface area contributed by atoms with Crippen molar-refractivity contribution in [1.29, 1.82) is 0 Å². The van der Waals surface area contributed by atoms with E-state index in [2.05, 4.69) is 13.5 Å². The minimum Gasteiger partial charge on any atom is -0.491 e. The number of likely N-dealkylation sites (tertiary alicyclic amines) is 1. The molecule has 0 unspecified atom stereocenters. The largest absolute Gasteiger partial charge is 0.491 e. The number of amides is 1. The van der Waals surface area contributed by atoms with Crippen LogP contribution in [0.25, 0.3) is 11.0 Å². The molecular formula is C21H24N4O4S2. The molecule has 1 aromatic heterocycles. The number of nitrogens with one attached hydrogen (secondary N) is 1. The van der Waals surface area contributed by atoms with Gasteiger partial charge in [-0.2, -0.15) is 8.75 Å². The number of fused-ring (bicyclic) bond motifs is 1. The van der Waals surface area contributed by atoms with E-state index in [4.69, 9.17) is 4.74 Å². The van der Waals surface area contributed by atoms with Crippen LogP contribution >= 0.6 is 11.7 Å². The normalized spacial score (nSPS) is 14.7. The Balaban J connectivity index is 1.74. The van der Waals surface area contributed by atoms with Crippen molar-refractivity contribution in [2.45, 2.75) is 44.1 Å². The first-order valence-electron chi connectivity index (χ1n) is 10.2. The minimum absolute atomic E-state index is 0.0188. The van der Waals surface area contributed by atoms with E-state index in [1.54, 1.807) is 35.2 Å². The number of piperidine rings is 1. The Labute approximate surface area is 185 Å². The standard InChI is InChI=1S/C21H24N4O4S2/c1-14(2)29-15-9-10-16(21(26)25-11-4-3-5-12-25)18(13-15)24-31(27,28)19-8-6-7-17-20(19)23-30-22-17/h6-10,13-14,24H,3-5,11-12H2,1-2H3. The summed E-state index contributed by atoms with van der Waals surface area (Å²) in [4.78, 5) is 15.0. The summed E-state index contributed by atoms with van der Waals surface area (Å²) in [7, 11) is -4.01. The fourth-order valence-electron chi connectivity index (χ4n) is 3.61. The molecule has 0 bridgehead atoms. The zero-order valence-electron chi connectivity index (χ0n) is 17.4. The maximum absolute atomic E-state index is 13.3. The fourth-order valence-corrected chi connectivity index (χ4v) is 5.44. The molecule has 2 aromatic carbocycles. The first-order valence-corrected chi connectivity index (χ1v) is 12.4. The van der Waals surface area contributed by atoms with E-state index in [1.165, 1.54) is 6.07 Å². The average Bonchev–Trinajstić information content (AvgIpc) is 3.22. The zero-order valence-corrected chi connectivity index (χ0v) is 19.0. The van der Waals surface area contributed by atoms with Crippen molar-refractivity contribution in [3.05, 3.63) is 42.0 Å². The number of hydrogen-bond donors (Lipinski definition) is 1. The minimum atomic E-state index is -4.01. The van der Waals surface area contributed by atoms with Crippen LogP contribution in [0.2, 0.25) is 0 Å². The van der Waals surface area contributed by atoms with E-state index in [-0.39, 0.29) is 22.6 Å². The summed E-state index contributed by atoms with van der Waals surface area (Å²) in [5.74, 6) is 0.290. The molecule has 1 saturated heterocycles. The fraction of sp³-hybridized carbons (Fsp3) is 0.381. The number of hydrogen-bond acceptors (Lipinski definition) is 7. The highest BCUT2D eigenvalue weighted by atomic mass is 32.2. The number of benzene rings is 2. The Morgan fingerprint density at radius 3 is 2.65 bits per heavy atom. The van der Waals surface area contributed by atoms with Crippen LogP contribution in [0.5, 0.6) is 5.75 Å². The quantitative estimate of drug-likeness (QED) is 0.599. The lowest BCUT2D eigenvalue weighted by molar-refractivity contribution is 0.0725. The molecule has 1 N–H and O–H groups in total. The lowest BCUT2D eigenvalue weighted by Crippen LogP contribution is -2.36. The molecule has 0 atom stereocenters. The molecule has 0 aliphatic carbocycles. The summed E-state index contributed by atoms with van der Waals surface area (Å²) in [6.45, 7) is 5.09. The van der Waals surface area contributed by atoms with E-state index < -0.39 is 10.0 Å². The van der Waals surface area contributed by atoms with Crippen LogP contribution in [0.15, 0.2) is 41.3 Å². The van der Waals surface area contributed by atoms with Crippen molar-refractivity contribution in [3.63, 3.8) is 0 Å². The summed E-state index contributed by atoms with van der Waals surface area (Å²) < 4.78 is 43.1. The number of nitrogens with zero attached hydrogens (tertiary/aromatic N) is 3. The van der Waals surface area contributed by atoms with Crippen LogP contribution in [-0.2, 0) is 10.0 Å². The molecule has 2 heterocycles. The molecule has 1 aliphatic heterocycles. The Kier molecular flexibility index (Phi) is 6.10. The van der Waals surface area contributed by atoms with Gasteiger partial charge in [0.2, 0.25) is 0 Å². The van der Waals surface area contributed by atoms with Crippen molar-refractivity contribution in [3.8, 4) is 5.75 Å². The van der Waals surface area contributed by atoms with Gasteiger partial charge in [-0.3, -0.25) is 9.52 Å². The van der Waals surface area contributed by atoms with Crippen LogP contribution in [0, 0.1) is 0 Å². The van der Waals surface area contributed by atoms with Crippen molar-refractivity contribution in [1.82, 2.24) is 13.6 Å². The predicted octanol–water partition coefficient (Wildman–Crippen LogP) is 3.91. The molecule has 0 spiro atoms. The van der Waals surface area contributed by atoms with Gasteiger partial charge in [0.1, 0.15) is 21.7 Å². The average molecular weight is 461 g/mol. The number of aromatic nitrogens is 2. The van der Waals surface area contributed by atoms with Gasteiger partial charge < -0.3 is 9.64 Å². The van der Waals surface area contributed by atoms with Gasteiger partial charge in [0.05, 0.1) is 29.1 Å². The highest BCUT2D eigenvalue weighted by molar-refractivity contribution is 7.93.